The largest absolute Gasteiger partial charge is 0.497 e. The number of aromatic nitrogens is 2. The van der Waals surface area contributed by atoms with Gasteiger partial charge in [0.1, 0.15) is 34.1 Å². The van der Waals surface area contributed by atoms with Gasteiger partial charge < -0.3 is 24.6 Å². The zero-order valence-electron chi connectivity index (χ0n) is 29.3. The third kappa shape index (κ3) is 7.14. The molecule has 3 aromatic rings. The molecule has 0 radical (unpaired) electrons. The van der Waals surface area contributed by atoms with Gasteiger partial charge in [-0.1, -0.05) is 26.0 Å². The first-order valence-electron chi connectivity index (χ1n) is 17.6. The summed E-state index contributed by atoms with van der Waals surface area (Å²) >= 11 is 1.50. The topological polar surface area (TPSA) is 160 Å². The van der Waals surface area contributed by atoms with Crippen LogP contribution >= 0.6 is 11.3 Å². The first kappa shape index (κ1) is 35.2. The number of allylic oxidation sites excluding steroid dienone is 1. The van der Waals surface area contributed by atoms with Crippen LogP contribution in [0.3, 0.4) is 0 Å². The number of thiazole rings is 1. The Morgan fingerprint density at radius 1 is 1.16 bits per heavy atom. The molecule has 4 heterocycles. The number of nitrogens with zero attached hydrogens (tertiary/aromatic N) is 4. The van der Waals surface area contributed by atoms with E-state index in [9.17, 15) is 22.8 Å². The standard InChI is InChI=1S/C36H44N6O7S2/c1-21(2)29-20-50-33(38-29)28-16-22-15-24(48-4)10-13-27(22)32(37-28)49-25-17-30-31(43)39-36(34(44)40-51(46,47)26-11-12-26)18-23(36)9-7-5-6-8-14-41(3)35(45)42(30)19-25/h7,9-10,13,15-16,20-21,23,25-26,30H,5-6,8,11-12,14,17-19H2,1-4H3,(H,39,43)(H,40,44)/b9-7-. The second kappa shape index (κ2) is 13.7. The summed E-state index contributed by atoms with van der Waals surface area (Å²) in [5.74, 6) is -0.368. The van der Waals surface area contributed by atoms with E-state index in [1.54, 1.807) is 19.1 Å². The molecule has 4 amide bonds. The van der Waals surface area contributed by atoms with Crippen LogP contribution in [0, 0.1) is 5.92 Å². The van der Waals surface area contributed by atoms with Crippen molar-refractivity contribution in [3.05, 3.63) is 47.5 Å². The Labute approximate surface area is 301 Å². The lowest BCUT2D eigenvalue weighted by atomic mass is 10.1. The Hall–Kier alpha value is -4.24. The lowest BCUT2D eigenvalue weighted by molar-refractivity contribution is -0.131. The van der Waals surface area contributed by atoms with Gasteiger partial charge in [0.15, 0.2) is 0 Å². The smallest absolute Gasteiger partial charge is 0.320 e. The Morgan fingerprint density at radius 3 is 2.69 bits per heavy atom. The molecule has 15 heteroatoms. The number of benzene rings is 1. The van der Waals surface area contributed by atoms with Crippen LogP contribution in [0.15, 0.2) is 41.8 Å². The normalized spacial score (nSPS) is 26.3. The monoisotopic (exact) mass is 736 g/mol. The predicted octanol–water partition coefficient (Wildman–Crippen LogP) is 4.59. The molecule has 7 rings (SSSR count). The number of amides is 4. The van der Waals surface area contributed by atoms with E-state index in [0.717, 1.165) is 40.7 Å². The van der Waals surface area contributed by atoms with Crippen molar-refractivity contribution in [3.63, 3.8) is 0 Å². The number of rotatable bonds is 8. The van der Waals surface area contributed by atoms with Crippen LogP contribution < -0.4 is 19.5 Å². The molecule has 0 spiro atoms. The molecule has 2 aliphatic heterocycles. The average Bonchev–Trinajstić information content (AvgIpc) is 3.98. The number of fused-ring (bicyclic) bond motifs is 3. The zero-order chi connectivity index (χ0) is 36.1. The first-order valence-corrected chi connectivity index (χ1v) is 20.0. The fourth-order valence-electron chi connectivity index (χ4n) is 6.85. The Morgan fingerprint density at radius 2 is 1.96 bits per heavy atom. The molecule has 4 unspecified atom stereocenters. The van der Waals surface area contributed by atoms with Gasteiger partial charge >= 0.3 is 6.03 Å². The van der Waals surface area contributed by atoms with Crippen molar-refractivity contribution in [2.24, 2.45) is 5.92 Å². The number of ether oxygens (including phenoxy) is 2. The molecule has 3 fully saturated rings. The van der Waals surface area contributed by atoms with Gasteiger partial charge in [-0.3, -0.25) is 14.3 Å². The SMILES string of the molecule is COc1ccc2c(OC3CC4C(=O)NC5(C(=O)NS(=O)(=O)C6CC6)CC5/C=C\CCCCN(C)C(=O)N4C3)nc(-c3nc(C(C)C)cs3)cc2c1. The van der Waals surface area contributed by atoms with Gasteiger partial charge in [0, 0.05) is 36.7 Å². The van der Waals surface area contributed by atoms with E-state index >= 15 is 0 Å². The summed E-state index contributed by atoms with van der Waals surface area (Å²) in [6.45, 7) is 4.79. The molecular formula is C36H44N6O7S2. The summed E-state index contributed by atoms with van der Waals surface area (Å²) in [6.07, 6.45) is 6.99. The third-order valence-electron chi connectivity index (χ3n) is 10.2. The van der Waals surface area contributed by atoms with Gasteiger partial charge in [-0.2, -0.15) is 0 Å². The second-order valence-corrected chi connectivity index (χ2v) is 17.2. The van der Waals surface area contributed by atoms with Gasteiger partial charge in [-0.15, -0.1) is 11.3 Å². The molecule has 1 saturated heterocycles. The Balaban J connectivity index is 1.19. The molecule has 13 nitrogen and oxygen atoms in total. The fraction of sp³-hybridized carbons (Fsp3) is 0.528. The lowest BCUT2D eigenvalue weighted by Crippen LogP contribution is -2.57. The van der Waals surface area contributed by atoms with Crippen molar-refractivity contribution in [2.75, 3.05) is 27.2 Å². The highest BCUT2D eigenvalue weighted by molar-refractivity contribution is 7.91. The van der Waals surface area contributed by atoms with Crippen LogP contribution in [-0.4, -0.2) is 96.2 Å². The van der Waals surface area contributed by atoms with Crippen molar-refractivity contribution in [3.8, 4) is 22.3 Å². The molecule has 4 aliphatic rings. The van der Waals surface area contributed by atoms with Crippen LogP contribution in [-0.2, 0) is 19.6 Å². The van der Waals surface area contributed by atoms with Crippen LogP contribution in [0.25, 0.3) is 21.5 Å². The van der Waals surface area contributed by atoms with Gasteiger partial charge in [-0.25, -0.2) is 23.2 Å². The number of sulfonamides is 1. The Kier molecular flexibility index (Phi) is 9.46. The van der Waals surface area contributed by atoms with E-state index in [-0.39, 0.29) is 37.3 Å². The summed E-state index contributed by atoms with van der Waals surface area (Å²) in [4.78, 5) is 54.5. The molecule has 2 saturated carbocycles. The molecule has 1 aromatic carbocycles. The summed E-state index contributed by atoms with van der Waals surface area (Å²) in [5, 5.41) is 6.66. The molecular weight excluding hydrogens is 693 g/mol. The number of carbonyl (C=O) groups is 3. The molecule has 0 bridgehead atoms. The van der Waals surface area contributed by atoms with Crippen LogP contribution in [0.2, 0.25) is 0 Å². The predicted molar refractivity (Wildman–Crippen MR) is 193 cm³/mol. The van der Waals surface area contributed by atoms with Gasteiger partial charge in [0.05, 0.1) is 24.6 Å². The van der Waals surface area contributed by atoms with Gasteiger partial charge in [0.25, 0.3) is 5.91 Å². The van der Waals surface area contributed by atoms with Crippen LogP contribution in [0.1, 0.15) is 70.4 Å². The summed E-state index contributed by atoms with van der Waals surface area (Å²) in [5.41, 5.74) is 0.177. The number of hydrogen-bond donors (Lipinski definition) is 2. The highest BCUT2D eigenvalue weighted by atomic mass is 32.2. The molecule has 272 valence electrons. The third-order valence-corrected chi connectivity index (χ3v) is 12.9. The molecule has 4 atom stereocenters. The Bertz CT molecular complexity index is 1990. The number of methoxy groups -OCH3 is 1. The van der Waals surface area contributed by atoms with Crippen molar-refractivity contribution in [2.45, 2.75) is 87.6 Å². The van der Waals surface area contributed by atoms with Crippen molar-refractivity contribution in [1.82, 2.24) is 29.8 Å². The quantitative estimate of drug-likeness (QED) is 0.316. The molecule has 2 N–H and O–H groups in total. The molecule has 51 heavy (non-hydrogen) atoms. The minimum Gasteiger partial charge on any atom is -0.497 e. The fourth-order valence-corrected chi connectivity index (χ4v) is 9.16. The number of carbonyl (C=O) groups excluding carboxylic acids is 3. The summed E-state index contributed by atoms with van der Waals surface area (Å²) in [6, 6.07) is 6.26. The number of hydrogen-bond acceptors (Lipinski definition) is 10. The summed E-state index contributed by atoms with van der Waals surface area (Å²) in [7, 11) is -0.517. The van der Waals surface area contributed by atoms with Gasteiger partial charge in [-0.05, 0) is 74.1 Å². The van der Waals surface area contributed by atoms with Gasteiger partial charge in [0.2, 0.25) is 21.8 Å². The van der Waals surface area contributed by atoms with Crippen LogP contribution in [0.5, 0.6) is 11.6 Å². The van der Waals surface area contributed by atoms with E-state index < -0.39 is 44.8 Å². The number of nitrogens with one attached hydrogen (secondary N) is 2. The molecule has 2 aliphatic carbocycles. The average molecular weight is 737 g/mol. The van der Waals surface area contributed by atoms with Crippen molar-refractivity contribution >= 4 is 50.0 Å². The van der Waals surface area contributed by atoms with E-state index in [1.165, 1.54) is 16.2 Å². The van der Waals surface area contributed by atoms with Crippen molar-refractivity contribution < 1.29 is 32.3 Å². The maximum atomic E-state index is 14.2. The van der Waals surface area contributed by atoms with Crippen molar-refractivity contribution in [1.29, 1.82) is 0 Å². The minimum atomic E-state index is -3.84. The second-order valence-electron chi connectivity index (χ2n) is 14.4. The highest BCUT2D eigenvalue weighted by Gasteiger charge is 2.62. The zero-order valence-corrected chi connectivity index (χ0v) is 30.9. The maximum absolute atomic E-state index is 14.2. The van der Waals surface area contributed by atoms with E-state index in [0.29, 0.717) is 36.7 Å². The molecule has 2 aromatic heterocycles. The van der Waals surface area contributed by atoms with E-state index in [2.05, 4.69) is 23.9 Å². The maximum Gasteiger partial charge on any atom is 0.320 e. The van der Waals surface area contributed by atoms with Crippen LogP contribution in [0.4, 0.5) is 4.79 Å². The van der Waals surface area contributed by atoms with E-state index in [4.69, 9.17) is 19.4 Å². The summed E-state index contributed by atoms with van der Waals surface area (Å²) < 4.78 is 39.8. The number of urea groups is 1. The minimum absolute atomic E-state index is 0.109. The van der Waals surface area contributed by atoms with E-state index in [1.807, 2.05) is 41.8 Å². The first-order chi connectivity index (χ1) is 24.4. The highest BCUT2D eigenvalue weighted by Crippen LogP contribution is 2.46. The lowest BCUT2D eigenvalue weighted by Gasteiger charge is -2.30. The number of pyridine rings is 1.